The molecular formula is C33H32N4O2. The van der Waals surface area contributed by atoms with Gasteiger partial charge in [0, 0.05) is 5.41 Å². The van der Waals surface area contributed by atoms with Gasteiger partial charge in [0.15, 0.2) is 11.6 Å². The highest BCUT2D eigenvalue weighted by Gasteiger charge is 2.23. The maximum absolute atomic E-state index is 11.9. The van der Waals surface area contributed by atoms with Gasteiger partial charge in [0.05, 0.1) is 23.8 Å². The van der Waals surface area contributed by atoms with Gasteiger partial charge in [-0.25, -0.2) is 0 Å². The third kappa shape index (κ3) is 6.47. The minimum Gasteiger partial charge on any atom is -0.289 e. The lowest BCUT2D eigenvalue weighted by molar-refractivity contribution is -0.113. The van der Waals surface area contributed by atoms with Crippen molar-refractivity contribution < 1.29 is 9.59 Å². The fraction of sp³-hybridized carbons (Fsp3) is 0.212. The molecular weight excluding hydrogens is 484 g/mol. The van der Waals surface area contributed by atoms with Crippen molar-refractivity contribution in [2.75, 3.05) is 0 Å². The van der Waals surface area contributed by atoms with Crippen molar-refractivity contribution in [2.24, 2.45) is 20.5 Å². The van der Waals surface area contributed by atoms with Crippen LogP contribution in [0, 0.1) is 0 Å². The molecule has 0 unspecified atom stereocenters. The highest BCUT2D eigenvalue weighted by atomic mass is 16.1. The zero-order chi connectivity index (χ0) is 28.2. The van der Waals surface area contributed by atoms with Gasteiger partial charge in [0.1, 0.15) is 0 Å². The molecule has 4 rings (SSSR count). The molecule has 0 aromatic heterocycles. The molecule has 0 atom stereocenters. The number of Topliss-reactive ketones (excluding diaryl/α,β-unsaturated/α-hetero) is 2. The van der Waals surface area contributed by atoms with E-state index in [9.17, 15) is 9.59 Å². The van der Waals surface area contributed by atoms with Crippen LogP contribution in [0.3, 0.4) is 0 Å². The number of carbonyl (C=O) groups is 2. The predicted molar refractivity (Wildman–Crippen MR) is 155 cm³/mol. The average molecular weight is 517 g/mol. The van der Waals surface area contributed by atoms with E-state index in [1.807, 2.05) is 48.6 Å². The summed E-state index contributed by atoms with van der Waals surface area (Å²) in [5, 5.41) is 17.0. The van der Waals surface area contributed by atoms with E-state index in [4.69, 9.17) is 0 Å². The largest absolute Gasteiger partial charge is 0.289 e. The van der Waals surface area contributed by atoms with E-state index in [1.165, 1.54) is 0 Å². The molecule has 0 N–H and O–H groups in total. The molecule has 0 aliphatic heterocycles. The smallest absolute Gasteiger partial charge is 0.184 e. The van der Waals surface area contributed by atoms with Crippen molar-refractivity contribution in [3.05, 3.63) is 130 Å². The molecule has 0 saturated carbocycles. The molecule has 2 aromatic carbocycles. The summed E-state index contributed by atoms with van der Waals surface area (Å²) < 4.78 is 0. The fourth-order valence-electron chi connectivity index (χ4n) is 4.50. The summed E-state index contributed by atoms with van der Waals surface area (Å²) in [6.07, 6.45) is 10.6. The summed E-state index contributed by atoms with van der Waals surface area (Å²) in [6.45, 7) is 11.6. The van der Waals surface area contributed by atoms with Crippen LogP contribution in [0.25, 0.3) is 0 Å². The van der Waals surface area contributed by atoms with Crippen LogP contribution in [-0.4, -0.2) is 11.6 Å². The van der Waals surface area contributed by atoms with Crippen LogP contribution in [0.15, 0.2) is 139 Å². The minimum absolute atomic E-state index is 0.0636. The number of hydrogen-bond acceptors (Lipinski definition) is 6. The molecule has 2 aliphatic carbocycles. The minimum atomic E-state index is -0.228. The summed E-state index contributed by atoms with van der Waals surface area (Å²) in [4.78, 5) is 23.8. The Labute approximate surface area is 229 Å². The topological polar surface area (TPSA) is 83.6 Å². The monoisotopic (exact) mass is 516 g/mol. The van der Waals surface area contributed by atoms with E-state index in [2.05, 4.69) is 58.6 Å². The molecule has 2 aliphatic rings. The van der Waals surface area contributed by atoms with E-state index in [0.717, 1.165) is 33.6 Å². The first-order chi connectivity index (χ1) is 18.5. The number of hydrogen-bond donors (Lipinski definition) is 0. The first-order valence-corrected chi connectivity index (χ1v) is 12.8. The number of benzene rings is 2. The number of nitrogens with zero attached hydrogens (tertiary/aromatic N) is 4. The molecule has 196 valence electrons. The Bertz CT molecular complexity index is 1390. The highest BCUT2D eigenvalue weighted by Crippen LogP contribution is 2.33. The Morgan fingerprint density at radius 3 is 1.15 bits per heavy atom. The number of ketones is 2. The molecule has 6 heteroatoms. The lowest BCUT2D eigenvalue weighted by Crippen LogP contribution is -2.18. The van der Waals surface area contributed by atoms with Gasteiger partial charge in [-0.2, -0.15) is 20.5 Å². The Morgan fingerprint density at radius 1 is 0.538 bits per heavy atom. The SMILES string of the molecule is CC1=CC(=CN=Nc2ccc(C(C)(C)c3ccc(N=NC=C4C=C(C)C(=O)C(C)=C4)cc3)cc2)C=C(C)C1=O. The predicted octanol–water partition coefficient (Wildman–Crippen LogP) is 8.90. The Morgan fingerprint density at radius 2 is 0.846 bits per heavy atom. The van der Waals surface area contributed by atoms with E-state index < -0.39 is 0 Å². The van der Waals surface area contributed by atoms with Crippen molar-refractivity contribution in [1.29, 1.82) is 0 Å². The number of azo groups is 2. The second-order valence-electron chi connectivity index (χ2n) is 10.4. The first-order valence-electron chi connectivity index (χ1n) is 12.8. The Hall–Kier alpha value is -4.58. The van der Waals surface area contributed by atoms with Crippen molar-refractivity contribution in [2.45, 2.75) is 47.0 Å². The molecule has 0 radical (unpaired) electrons. The van der Waals surface area contributed by atoms with E-state index >= 15 is 0 Å². The molecule has 0 heterocycles. The van der Waals surface area contributed by atoms with Gasteiger partial charge in [-0.1, -0.05) is 38.1 Å². The van der Waals surface area contributed by atoms with Gasteiger partial charge in [0.25, 0.3) is 0 Å². The maximum Gasteiger partial charge on any atom is 0.184 e. The Kier molecular flexibility index (Phi) is 8.05. The van der Waals surface area contributed by atoms with Gasteiger partial charge in [-0.15, -0.1) is 0 Å². The fourth-order valence-corrected chi connectivity index (χ4v) is 4.50. The van der Waals surface area contributed by atoms with Crippen LogP contribution in [0.4, 0.5) is 11.4 Å². The van der Waals surface area contributed by atoms with Crippen LogP contribution >= 0.6 is 0 Å². The third-order valence-corrected chi connectivity index (χ3v) is 6.90. The van der Waals surface area contributed by atoms with E-state index in [0.29, 0.717) is 22.3 Å². The first kappa shape index (κ1) is 27.5. The maximum atomic E-state index is 11.9. The van der Waals surface area contributed by atoms with Gasteiger partial charge < -0.3 is 0 Å². The second-order valence-corrected chi connectivity index (χ2v) is 10.4. The second kappa shape index (κ2) is 11.4. The zero-order valence-electron chi connectivity index (χ0n) is 23.2. The van der Waals surface area contributed by atoms with Crippen LogP contribution in [0.5, 0.6) is 0 Å². The van der Waals surface area contributed by atoms with Gasteiger partial charge in [-0.05, 0) is 121 Å². The van der Waals surface area contributed by atoms with Crippen molar-refractivity contribution in [1.82, 2.24) is 0 Å². The zero-order valence-corrected chi connectivity index (χ0v) is 23.2. The molecule has 39 heavy (non-hydrogen) atoms. The molecule has 0 spiro atoms. The van der Waals surface area contributed by atoms with Crippen LogP contribution < -0.4 is 0 Å². The molecule has 0 bridgehead atoms. The molecule has 0 saturated heterocycles. The lowest BCUT2D eigenvalue weighted by atomic mass is 9.78. The number of allylic oxidation sites excluding steroid dienone is 10. The summed E-state index contributed by atoms with van der Waals surface area (Å²) in [5.41, 5.74) is 8.10. The normalized spacial score (nSPS) is 16.4. The Balaban J connectivity index is 1.42. The van der Waals surface area contributed by atoms with Crippen molar-refractivity contribution >= 4 is 22.9 Å². The van der Waals surface area contributed by atoms with Crippen LogP contribution in [0.1, 0.15) is 52.7 Å². The average Bonchev–Trinajstić information content (AvgIpc) is 2.91. The van der Waals surface area contributed by atoms with Crippen LogP contribution in [-0.2, 0) is 15.0 Å². The van der Waals surface area contributed by atoms with Crippen molar-refractivity contribution in [3.8, 4) is 0 Å². The lowest BCUT2D eigenvalue weighted by Gasteiger charge is -2.26. The summed E-state index contributed by atoms with van der Waals surface area (Å²) >= 11 is 0. The number of carbonyl (C=O) groups excluding carboxylic acids is 2. The van der Waals surface area contributed by atoms with E-state index in [1.54, 1.807) is 40.1 Å². The summed E-state index contributed by atoms with van der Waals surface area (Å²) in [7, 11) is 0. The number of rotatable bonds is 6. The summed E-state index contributed by atoms with van der Waals surface area (Å²) in [5.74, 6) is 0.127. The van der Waals surface area contributed by atoms with Crippen LogP contribution in [0.2, 0.25) is 0 Å². The standard InChI is InChI=1S/C33H32N4O2/c1-21-15-25(16-22(2)31(21)38)19-34-36-29-11-7-27(8-12-29)33(5,6)28-9-13-30(14-10-28)37-35-20-26-17-23(3)32(39)24(4)18-26/h7-20H,1-6H3. The summed E-state index contributed by atoms with van der Waals surface area (Å²) in [6, 6.07) is 16.1. The molecule has 2 aromatic rings. The van der Waals surface area contributed by atoms with Gasteiger partial charge >= 0.3 is 0 Å². The quantitative estimate of drug-likeness (QED) is 0.359. The molecule has 6 nitrogen and oxygen atoms in total. The third-order valence-electron chi connectivity index (χ3n) is 6.90. The van der Waals surface area contributed by atoms with E-state index in [-0.39, 0.29) is 17.0 Å². The van der Waals surface area contributed by atoms with Gasteiger partial charge in [-0.3, -0.25) is 9.59 Å². The van der Waals surface area contributed by atoms with Crippen molar-refractivity contribution in [3.63, 3.8) is 0 Å². The highest BCUT2D eigenvalue weighted by molar-refractivity contribution is 6.10. The molecule has 0 fully saturated rings. The van der Waals surface area contributed by atoms with Gasteiger partial charge in [0.2, 0.25) is 0 Å². The molecule has 0 amide bonds.